The predicted molar refractivity (Wildman–Crippen MR) is 73.6 cm³/mol. The van der Waals surface area contributed by atoms with E-state index < -0.39 is 6.10 Å². The molecule has 3 nitrogen and oxygen atoms in total. The molecule has 0 aliphatic heterocycles. The summed E-state index contributed by atoms with van der Waals surface area (Å²) in [5, 5.41) is 2.92. The van der Waals surface area contributed by atoms with Crippen LogP contribution in [0.2, 0.25) is 0 Å². The van der Waals surface area contributed by atoms with E-state index in [0.29, 0.717) is 18.9 Å². The van der Waals surface area contributed by atoms with E-state index in [4.69, 9.17) is 4.74 Å². The minimum absolute atomic E-state index is 0.0259. The first-order valence-corrected chi connectivity index (χ1v) is 6.63. The van der Waals surface area contributed by atoms with Gasteiger partial charge in [-0.05, 0) is 30.9 Å². The smallest absolute Gasteiger partial charge is 0.261 e. The molecular weight excluding hydrogens is 226 g/mol. The number of carbonyl (C=O) groups is 1. The molecular formula is C15H23NO2. The second kappa shape index (κ2) is 7.75. The number of para-hydroxylation sites is 1. The van der Waals surface area contributed by atoms with Gasteiger partial charge >= 0.3 is 0 Å². The fourth-order valence-corrected chi connectivity index (χ4v) is 1.58. The first-order chi connectivity index (χ1) is 8.63. The fraction of sp³-hybridized carbons (Fsp3) is 0.533. The topological polar surface area (TPSA) is 38.3 Å². The largest absolute Gasteiger partial charge is 0.481 e. The molecule has 1 N–H and O–H groups in total. The zero-order valence-corrected chi connectivity index (χ0v) is 11.5. The molecule has 18 heavy (non-hydrogen) atoms. The van der Waals surface area contributed by atoms with Gasteiger partial charge in [0, 0.05) is 6.54 Å². The highest BCUT2D eigenvalue weighted by atomic mass is 16.5. The summed E-state index contributed by atoms with van der Waals surface area (Å²) in [7, 11) is 0. The minimum Gasteiger partial charge on any atom is -0.481 e. The molecule has 1 aromatic carbocycles. The van der Waals surface area contributed by atoms with Gasteiger partial charge in [-0.15, -0.1) is 0 Å². The summed E-state index contributed by atoms with van der Waals surface area (Å²) in [5.41, 5.74) is 0. The Kier molecular flexibility index (Phi) is 6.26. The molecule has 1 rings (SSSR count). The summed E-state index contributed by atoms with van der Waals surface area (Å²) in [5.74, 6) is 1.31. The number of benzene rings is 1. The Balaban J connectivity index is 2.43. The van der Waals surface area contributed by atoms with E-state index in [0.717, 1.165) is 12.2 Å². The Labute approximate surface area is 110 Å². The Bertz CT molecular complexity index is 349. The van der Waals surface area contributed by atoms with Gasteiger partial charge in [0.15, 0.2) is 6.10 Å². The number of rotatable bonds is 7. The van der Waals surface area contributed by atoms with Crippen LogP contribution in [0.3, 0.4) is 0 Å². The molecule has 3 heteroatoms. The number of hydrogen-bond donors (Lipinski definition) is 1. The van der Waals surface area contributed by atoms with E-state index in [1.807, 2.05) is 37.3 Å². The van der Waals surface area contributed by atoms with E-state index in [-0.39, 0.29) is 5.91 Å². The van der Waals surface area contributed by atoms with Gasteiger partial charge in [-0.25, -0.2) is 0 Å². The van der Waals surface area contributed by atoms with E-state index >= 15 is 0 Å². The summed E-state index contributed by atoms with van der Waals surface area (Å²) >= 11 is 0. The van der Waals surface area contributed by atoms with Crippen LogP contribution < -0.4 is 10.1 Å². The van der Waals surface area contributed by atoms with Gasteiger partial charge in [-0.2, -0.15) is 0 Å². The lowest BCUT2D eigenvalue weighted by atomic mass is 10.1. The summed E-state index contributed by atoms with van der Waals surface area (Å²) in [6.45, 7) is 6.95. The predicted octanol–water partition coefficient (Wildman–Crippen LogP) is 3.01. The minimum atomic E-state index is -0.403. The standard InChI is InChI=1S/C15H23NO2/c1-4-14(15(17)16-11-10-12(2)3)18-13-8-6-5-7-9-13/h5-9,12,14H,4,10-11H2,1-3H3,(H,16,17)/t14-/m0/s1. The van der Waals surface area contributed by atoms with Crippen molar-refractivity contribution >= 4 is 5.91 Å². The second-order valence-corrected chi connectivity index (χ2v) is 4.80. The molecule has 0 aliphatic rings. The van der Waals surface area contributed by atoms with Gasteiger partial charge in [0.1, 0.15) is 5.75 Å². The first kappa shape index (κ1) is 14.6. The highest BCUT2D eigenvalue weighted by molar-refractivity contribution is 5.81. The monoisotopic (exact) mass is 249 g/mol. The quantitative estimate of drug-likeness (QED) is 0.806. The first-order valence-electron chi connectivity index (χ1n) is 6.63. The SMILES string of the molecule is CC[C@H](Oc1ccccc1)C(=O)NCCC(C)C. The van der Waals surface area contributed by atoms with Gasteiger partial charge < -0.3 is 10.1 Å². The van der Waals surface area contributed by atoms with E-state index in [9.17, 15) is 4.79 Å². The van der Waals surface area contributed by atoms with E-state index in [1.54, 1.807) is 0 Å². The molecule has 1 aromatic rings. The number of carbonyl (C=O) groups excluding carboxylic acids is 1. The Hall–Kier alpha value is -1.51. The number of ether oxygens (including phenoxy) is 1. The Morgan fingerprint density at radius 1 is 1.28 bits per heavy atom. The number of amides is 1. The van der Waals surface area contributed by atoms with E-state index in [1.165, 1.54) is 0 Å². The van der Waals surface area contributed by atoms with Crippen molar-refractivity contribution < 1.29 is 9.53 Å². The molecule has 0 spiro atoms. The molecule has 0 aromatic heterocycles. The van der Waals surface area contributed by atoms with Crippen LogP contribution in [0.15, 0.2) is 30.3 Å². The van der Waals surface area contributed by atoms with Crippen LogP contribution in [0.1, 0.15) is 33.6 Å². The zero-order valence-electron chi connectivity index (χ0n) is 11.5. The van der Waals surface area contributed by atoms with Crippen molar-refractivity contribution in [3.63, 3.8) is 0 Å². The van der Waals surface area contributed by atoms with Gasteiger partial charge in [-0.1, -0.05) is 39.0 Å². The maximum Gasteiger partial charge on any atom is 0.261 e. The molecule has 0 bridgehead atoms. The molecule has 0 aliphatic carbocycles. The van der Waals surface area contributed by atoms with Crippen molar-refractivity contribution in [3.05, 3.63) is 30.3 Å². The lowest BCUT2D eigenvalue weighted by Crippen LogP contribution is -2.38. The van der Waals surface area contributed by atoms with Gasteiger partial charge in [0.05, 0.1) is 0 Å². The van der Waals surface area contributed by atoms with Crippen molar-refractivity contribution in [2.24, 2.45) is 5.92 Å². The highest BCUT2D eigenvalue weighted by Gasteiger charge is 2.17. The third kappa shape index (κ3) is 5.21. The molecule has 0 heterocycles. The number of nitrogens with one attached hydrogen (secondary N) is 1. The molecule has 1 atom stereocenters. The van der Waals surface area contributed by atoms with Crippen LogP contribution in [0, 0.1) is 5.92 Å². The number of hydrogen-bond acceptors (Lipinski definition) is 2. The lowest BCUT2D eigenvalue weighted by molar-refractivity contribution is -0.128. The average Bonchev–Trinajstić information content (AvgIpc) is 2.36. The van der Waals surface area contributed by atoms with Crippen molar-refractivity contribution in [2.45, 2.75) is 39.7 Å². The normalized spacial score (nSPS) is 12.2. The molecule has 100 valence electrons. The van der Waals surface area contributed by atoms with Crippen molar-refractivity contribution in [1.29, 1.82) is 0 Å². The Morgan fingerprint density at radius 2 is 1.94 bits per heavy atom. The van der Waals surface area contributed by atoms with Crippen molar-refractivity contribution in [2.75, 3.05) is 6.54 Å². The molecule has 0 unspecified atom stereocenters. The fourth-order valence-electron chi connectivity index (χ4n) is 1.58. The van der Waals surface area contributed by atoms with Gasteiger partial charge in [0.2, 0.25) is 0 Å². The summed E-state index contributed by atoms with van der Waals surface area (Å²) in [6, 6.07) is 9.46. The van der Waals surface area contributed by atoms with E-state index in [2.05, 4.69) is 19.2 Å². The summed E-state index contributed by atoms with van der Waals surface area (Å²) in [6.07, 6.45) is 1.26. The highest BCUT2D eigenvalue weighted by Crippen LogP contribution is 2.12. The lowest BCUT2D eigenvalue weighted by Gasteiger charge is -2.17. The molecule has 0 saturated carbocycles. The molecule has 0 radical (unpaired) electrons. The molecule has 0 saturated heterocycles. The second-order valence-electron chi connectivity index (χ2n) is 4.80. The van der Waals surface area contributed by atoms with Gasteiger partial charge in [0.25, 0.3) is 5.91 Å². The molecule has 1 amide bonds. The van der Waals surface area contributed by atoms with Gasteiger partial charge in [-0.3, -0.25) is 4.79 Å². The third-order valence-electron chi connectivity index (χ3n) is 2.71. The average molecular weight is 249 g/mol. The Morgan fingerprint density at radius 3 is 2.50 bits per heavy atom. The van der Waals surface area contributed by atoms with Crippen LogP contribution in [-0.2, 0) is 4.79 Å². The van der Waals surface area contributed by atoms with Crippen LogP contribution in [0.25, 0.3) is 0 Å². The molecule has 0 fully saturated rings. The summed E-state index contributed by atoms with van der Waals surface area (Å²) in [4.78, 5) is 11.9. The van der Waals surface area contributed by atoms with Crippen molar-refractivity contribution in [1.82, 2.24) is 5.32 Å². The maximum absolute atomic E-state index is 11.9. The van der Waals surface area contributed by atoms with Crippen molar-refractivity contribution in [3.8, 4) is 5.75 Å². The third-order valence-corrected chi connectivity index (χ3v) is 2.71. The summed E-state index contributed by atoms with van der Waals surface area (Å²) < 4.78 is 5.67. The maximum atomic E-state index is 11.9. The van der Waals surface area contributed by atoms with Crippen LogP contribution in [0.5, 0.6) is 5.75 Å². The van der Waals surface area contributed by atoms with Crippen LogP contribution in [0.4, 0.5) is 0 Å². The van der Waals surface area contributed by atoms with Crippen LogP contribution >= 0.6 is 0 Å². The van der Waals surface area contributed by atoms with Crippen LogP contribution in [-0.4, -0.2) is 18.6 Å². The zero-order chi connectivity index (χ0) is 13.4.